The quantitative estimate of drug-likeness (QED) is 0.666. The van der Waals surface area contributed by atoms with Gasteiger partial charge in [0.25, 0.3) is 5.56 Å². The molecule has 0 bridgehead atoms. The molecule has 0 saturated carbocycles. The number of aromatic nitrogens is 1. The van der Waals surface area contributed by atoms with Gasteiger partial charge in [0.15, 0.2) is 5.57 Å². The third-order valence-electron chi connectivity index (χ3n) is 3.47. The van der Waals surface area contributed by atoms with Crippen LogP contribution in [0.5, 0.6) is 0 Å². The average molecular weight is 398 g/mol. The van der Waals surface area contributed by atoms with Crippen LogP contribution in [-0.2, 0) is 0 Å². The summed E-state index contributed by atoms with van der Waals surface area (Å²) in [6.07, 6.45) is 1.68. The Kier molecular flexibility index (Phi) is 5.25. The Morgan fingerprint density at radius 1 is 1.04 bits per heavy atom. The van der Waals surface area contributed by atoms with Crippen LogP contribution < -0.4 is 14.8 Å². The summed E-state index contributed by atoms with van der Waals surface area (Å²) in [4.78, 5) is 13.0. The van der Waals surface area contributed by atoms with Gasteiger partial charge in [-0.3, -0.25) is 9.36 Å². The average Bonchev–Trinajstić information content (AvgIpc) is 2.92. The van der Waals surface area contributed by atoms with Gasteiger partial charge in [-0.15, -0.1) is 11.3 Å². The summed E-state index contributed by atoms with van der Waals surface area (Å²) in [6.45, 7) is 0. The third kappa shape index (κ3) is 3.56. The fraction of sp³-hybridized carbons (Fsp3) is 0. The minimum atomic E-state index is -0.338. The van der Waals surface area contributed by atoms with E-state index in [1.807, 2.05) is 18.2 Å². The fourth-order valence-electron chi connectivity index (χ4n) is 2.37. The first kappa shape index (κ1) is 18.0. The predicted molar refractivity (Wildman–Crippen MR) is 104 cm³/mol. The van der Waals surface area contributed by atoms with E-state index >= 15 is 0 Å². The highest BCUT2D eigenvalue weighted by molar-refractivity contribution is 7.07. The van der Waals surface area contributed by atoms with Crippen molar-refractivity contribution in [3.8, 4) is 17.8 Å². The van der Waals surface area contributed by atoms with Crippen LogP contribution in [0.1, 0.15) is 5.56 Å². The highest BCUT2D eigenvalue weighted by Gasteiger charge is 2.11. The van der Waals surface area contributed by atoms with Crippen molar-refractivity contribution in [2.45, 2.75) is 0 Å². The third-order valence-corrected chi connectivity index (χ3v) is 5.04. The molecule has 0 unspecified atom stereocenters. The topological polar surface area (TPSA) is 69.6 Å². The van der Waals surface area contributed by atoms with E-state index in [0.717, 1.165) is 16.9 Å². The van der Waals surface area contributed by atoms with Gasteiger partial charge in [-0.25, -0.2) is 0 Å². The monoisotopic (exact) mass is 397 g/mol. The van der Waals surface area contributed by atoms with Gasteiger partial charge in [-0.1, -0.05) is 41.4 Å². The number of nitrogens with zero attached hydrogens (tertiary/aromatic N) is 3. The number of benzene rings is 2. The molecule has 1 aromatic heterocycles. The van der Waals surface area contributed by atoms with Crippen LogP contribution in [0.3, 0.4) is 0 Å². The van der Waals surface area contributed by atoms with E-state index in [4.69, 9.17) is 23.2 Å². The Labute approximate surface area is 162 Å². The molecule has 7 heteroatoms. The molecule has 26 heavy (non-hydrogen) atoms. The fourth-order valence-corrected chi connectivity index (χ4v) is 3.81. The number of halogens is 2. The molecule has 0 radical (unpaired) electrons. The van der Waals surface area contributed by atoms with Crippen molar-refractivity contribution >= 4 is 46.2 Å². The summed E-state index contributed by atoms with van der Waals surface area (Å²) in [7, 11) is 0. The molecule has 3 rings (SSSR count). The number of thiazole rings is 1. The maximum Gasteiger partial charge on any atom is 0.273 e. The molecule has 2 aromatic carbocycles. The predicted octanol–water partition coefficient (Wildman–Crippen LogP) is 3.23. The maximum absolute atomic E-state index is 13.0. The largest absolute Gasteiger partial charge is 0.273 e. The van der Waals surface area contributed by atoms with Crippen molar-refractivity contribution in [2.24, 2.45) is 0 Å². The standard InChI is InChI=1S/C19H9Cl2N3OS/c20-14-4-1-3-12(7-14)8-17-18(25)24(16-6-2-5-15(21)9-16)19(26-17)13(10-22)11-23/h1-9H/b17-8-. The molecule has 0 N–H and O–H groups in total. The van der Waals surface area contributed by atoms with Gasteiger partial charge in [0.1, 0.15) is 16.8 Å². The summed E-state index contributed by atoms with van der Waals surface area (Å²) in [6, 6.07) is 17.4. The minimum Gasteiger partial charge on any atom is -0.267 e. The lowest BCUT2D eigenvalue weighted by Crippen LogP contribution is -2.30. The van der Waals surface area contributed by atoms with E-state index in [1.165, 1.54) is 4.57 Å². The van der Waals surface area contributed by atoms with Gasteiger partial charge in [0, 0.05) is 10.0 Å². The summed E-state index contributed by atoms with van der Waals surface area (Å²) < 4.78 is 1.97. The molecule has 4 nitrogen and oxygen atoms in total. The molecule has 0 amide bonds. The number of nitriles is 2. The van der Waals surface area contributed by atoms with Crippen LogP contribution in [-0.4, -0.2) is 4.57 Å². The van der Waals surface area contributed by atoms with Gasteiger partial charge in [0.05, 0.1) is 10.2 Å². The van der Waals surface area contributed by atoms with Crippen LogP contribution in [0.4, 0.5) is 0 Å². The van der Waals surface area contributed by atoms with Crippen molar-refractivity contribution in [2.75, 3.05) is 0 Å². The van der Waals surface area contributed by atoms with E-state index in [2.05, 4.69) is 0 Å². The lowest BCUT2D eigenvalue weighted by Gasteiger charge is -2.02. The molecule has 1 heterocycles. The normalized spacial score (nSPS) is 11.0. The molecule has 3 aromatic rings. The van der Waals surface area contributed by atoms with Crippen LogP contribution in [0.2, 0.25) is 10.0 Å². The SMILES string of the molecule is N#CC(C#N)=c1s/c(=C\c2cccc(Cl)c2)c(=O)n1-c1cccc(Cl)c1. The smallest absolute Gasteiger partial charge is 0.267 e. The zero-order valence-corrected chi connectivity index (χ0v) is 15.4. The zero-order chi connectivity index (χ0) is 18.7. The molecular formula is C19H9Cl2N3OS. The minimum absolute atomic E-state index is 0.141. The summed E-state index contributed by atoms with van der Waals surface area (Å²) in [5.41, 5.74) is 0.756. The van der Waals surface area contributed by atoms with Gasteiger partial charge in [-0.2, -0.15) is 10.5 Å². The van der Waals surface area contributed by atoms with E-state index in [9.17, 15) is 15.3 Å². The maximum atomic E-state index is 13.0. The molecule has 0 atom stereocenters. The molecule has 0 spiro atoms. The second-order valence-corrected chi connectivity index (χ2v) is 7.09. The second kappa shape index (κ2) is 7.59. The zero-order valence-electron chi connectivity index (χ0n) is 13.1. The Bertz CT molecular complexity index is 1240. The van der Waals surface area contributed by atoms with Crippen molar-refractivity contribution in [1.29, 1.82) is 10.5 Å². The van der Waals surface area contributed by atoms with E-state index in [-0.39, 0.29) is 15.8 Å². The Balaban J connectivity index is 2.41. The Morgan fingerprint density at radius 3 is 2.31 bits per heavy atom. The molecule has 0 saturated heterocycles. The number of hydrogen-bond acceptors (Lipinski definition) is 4. The van der Waals surface area contributed by atoms with E-state index < -0.39 is 0 Å². The number of rotatable bonds is 2. The molecule has 0 aliphatic heterocycles. The lowest BCUT2D eigenvalue weighted by atomic mass is 10.2. The summed E-state index contributed by atoms with van der Waals surface area (Å²) >= 11 is 13.1. The Morgan fingerprint density at radius 2 is 1.69 bits per heavy atom. The molecule has 126 valence electrons. The van der Waals surface area contributed by atoms with E-state index in [0.29, 0.717) is 20.3 Å². The van der Waals surface area contributed by atoms with Crippen molar-refractivity contribution in [3.63, 3.8) is 0 Å². The highest BCUT2D eigenvalue weighted by Crippen LogP contribution is 2.13. The van der Waals surface area contributed by atoms with Crippen molar-refractivity contribution in [3.05, 3.63) is 83.7 Å². The molecule has 0 fully saturated rings. The molecular weight excluding hydrogens is 389 g/mol. The van der Waals surface area contributed by atoms with Crippen LogP contribution >= 0.6 is 34.5 Å². The van der Waals surface area contributed by atoms with E-state index in [1.54, 1.807) is 48.5 Å². The van der Waals surface area contributed by atoms with Crippen molar-refractivity contribution in [1.82, 2.24) is 4.57 Å². The van der Waals surface area contributed by atoms with Crippen LogP contribution in [0.15, 0.2) is 53.3 Å². The molecule has 0 aliphatic rings. The highest BCUT2D eigenvalue weighted by atomic mass is 35.5. The Hall–Kier alpha value is -2.83. The second-order valence-electron chi connectivity index (χ2n) is 5.19. The van der Waals surface area contributed by atoms with Crippen LogP contribution in [0.25, 0.3) is 17.3 Å². The van der Waals surface area contributed by atoms with Crippen LogP contribution in [0, 0.1) is 22.7 Å². The van der Waals surface area contributed by atoms with Gasteiger partial charge in [-0.05, 0) is 42.0 Å². The number of hydrogen-bond donors (Lipinski definition) is 0. The summed E-state index contributed by atoms with van der Waals surface area (Å²) in [5.74, 6) is 0. The van der Waals surface area contributed by atoms with Gasteiger partial charge < -0.3 is 0 Å². The lowest BCUT2D eigenvalue weighted by molar-refractivity contribution is 0.988. The first-order valence-corrected chi connectivity index (χ1v) is 8.90. The molecule has 0 aliphatic carbocycles. The first-order chi connectivity index (χ1) is 12.5. The summed E-state index contributed by atoms with van der Waals surface area (Å²) in [5, 5.41) is 19.5. The first-order valence-electron chi connectivity index (χ1n) is 7.33. The van der Waals surface area contributed by atoms with Gasteiger partial charge >= 0.3 is 0 Å². The van der Waals surface area contributed by atoms with Gasteiger partial charge in [0.2, 0.25) is 0 Å². The van der Waals surface area contributed by atoms with Crippen molar-refractivity contribution < 1.29 is 0 Å².